The van der Waals surface area contributed by atoms with E-state index in [-0.39, 0.29) is 23.0 Å². The predicted octanol–water partition coefficient (Wildman–Crippen LogP) is 2.11. The Hall–Kier alpha value is -1.62. The predicted molar refractivity (Wildman–Crippen MR) is 67.7 cm³/mol. The molecule has 98 valence electrons. The number of hydrogen-bond acceptors (Lipinski definition) is 3. The molecule has 5 nitrogen and oxygen atoms in total. The Kier molecular flexibility index (Phi) is 4.67. The van der Waals surface area contributed by atoms with Crippen molar-refractivity contribution >= 4 is 23.5 Å². The van der Waals surface area contributed by atoms with Gasteiger partial charge in [-0.25, -0.2) is 4.98 Å². The van der Waals surface area contributed by atoms with E-state index in [0.717, 1.165) is 0 Å². The van der Waals surface area contributed by atoms with E-state index in [2.05, 4.69) is 10.3 Å². The van der Waals surface area contributed by atoms with E-state index in [4.69, 9.17) is 16.7 Å². The lowest BCUT2D eigenvalue weighted by Gasteiger charge is -2.25. The summed E-state index contributed by atoms with van der Waals surface area (Å²) in [5, 5.41) is 11.5. The van der Waals surface area contributed by atoms with Crippen molar-refractivity contribution in [3.8, 4) is 0 Å². The third-order valence-corrected chi connectivity index (χ3v) is 2.72. The minimum atomic E-state index is -0.892. The van der Waals surface area contributed by atoms with Gasteiger partial charge in [0.2, 0.25) is 0 Å². The number of aliphatic carboxylic acids is 1. The van der Waals surface area contributed by atoms with Gasteiger partial charge >= 0.3 is 5.97 Å². The number of carbonyl (C=O) groups excluding carboxylic acids is 1. The maximum absolute atomic E-state index is 11.9. The van der Waals surface area contributed by atoms with Gasteiger partial charge in [-0.05, 0) is 32.4 Å². The third-order valence-electron chi connectivity index (χ3n) is 2.42. The number of aromatic nitrogens is 1. The molecular formula is C12H15ClN2O3. The normalized spacial score (nSPS) is 11.1. The molecule has 0 aliphatic carbocycles. The highest BCUT2D eigenvalue weighted by Crippen LogP contribution is 2.16. The Balaban J connectivity index is 2.69. The van der Waals surface area contributed by atoms with Crippen molar-refractivity contribution in [1.29, 1.82) is 0 Å². The van der Waals surface area contributed by atoms with Crippen molar-refractivity contribution in [2.24, 2.45) is 0 Å². The van der Waals surface area contributed by atoms with Gasteiger partial charge < -0.3 is 10.4 Å². The van der Waals surface area contributed by atoms with Crippen molar-refractivity contribution in [2.75, 3.05) is 0 Å². The second-order valence-electron chi connectivity index (χ2n) is 4.57. The fraction of sp³-hybridized carbons (Fsp3) is 0.417. The Morgan fingerprint density at radius 2 is 2.17 bits per heavy atom. The van der Waals surface area contributed by atoms with Crippen LogP contribution >= 0.6 is 11.6 Å². The Morgan fingerprint density at radius 3 is 2.72 bits per heavy atom. The lowest BCUT2D eigenvalue weighted by molar-refractivity contribution is -0.137. The molecule has 1 amide bonds. The molecule has 1 aromatic heterocycles. The van der Waals surface area contributed by atoms with Crippen LogP contribution in [0.2, 0.25) is 5.15 Å². The zero-order chi connectivity index (χ0) is 13.8. The minimum Gasteiger partial charge on any atom is -0.481 e. The third kappa shape index (κ3) is 4.33. The van der Waals surface area contributed by atoms with Crippen LogP contribution in [-0.4, -0.2) is 27.5 Å². The fourth-order valence-corrected chi connectivity index (χ4v) is 1.62. The first-order chi connectivity index (χ1) is 8.32. The van der Waals surface area contributed by atoms with Crippen LogP contribution in [0.25, 0.3) is 0 Å². The highest BCUT2D eigenvalue weighted by Gasteiger charge is 2.23. The molecule has 0 atom stereocenters. The lowest BCUT2D eigenvalue weighted by atomic mass is 9.98. The molecule has 0 aliphatic heterocycles. The molecule has 0 unspecified atom stereocenters. The first kappa shape index (κ1) is 14.4. The smallest absolute Gasteiger partial charge is 0.303 e. The number of carboxylic acid groups (broad SMARTS) is 1. The largest absolute Gasteiger partial charge is 0.481 e. The highest BCUT2D eigenvalue weighted by atomic mass is 35.5. The molecule has 0 saturated heterocycles. The zero-order valence-electron chi connectivity index (χ0n) is 10.2. The van der Waals surface area contributed by atoms with Crippen molar-refractivity contribution in [3.63, 3.8) is 0 Å². The van der Waals surface area contributed by atoms with Crippen LogP contribution in [0.1, 0.15) is 37.0 Å². The van der Waals surface area contributed by atoms with Gasteiger partial charge in [-0.1, -0.05) is 11.6 Å². The molecule has 0 fully saturated rings. The van der Waals surface area contributed by atoms with Gasteiger partial charge in [-0.2, -0.15) is 0 Å². The Bertz CT molecular complexity index is 460. The maximum atomic E-state index is 11.9. The van der Waals surface area contributed by atoms with Crippen molar-refractivity contribution in [1.82, 2.24) is 10.3 Å². The fourth-order valence-electron chi connectivity index (χ4n) is 1.41. The first-order valence-corrected chi connectivity index (χ1v) is 5.84. The summed E-state index contributed by atoms with van der Waals surface area (Å²) in [4.78, 5) is 26.3. The number of nitrogens with one attached hydrogen (secondary N) is 1. The SMILES string of the molecule is CC(C)(CCC(=O)O)NC(=O)c1cccnc1Cl. The van der Waals surface area contributed by atoms with E-state index in [1.807, 2.05) is 0 Å². The maximum Gasteiger partial charge on any atom is 0.303 e. The summed E-state index contributed by atoms with van der Waals surface area (Å²) >= 11 is 5.81. The van der Waals surface area contributed by atoms with Crippen molar-refractivity contribution < 1.29 is 14.7 Å². The van der Waals surface area contributed by atoms with Crippen LogP contribution in [0.5, 0.6) is 0 Å². The molecule has 6 heteroatoms. The van der Waals surface area contributed by atoms with Gasteiger partial charge in [-0.15, -0.1) is 0 Å². The number of halogens is 1. The summed E-state index contributed by atoms with van der Waals surface area (Å²) in [5.74, 6) is -1.25. The average Bonchev–Trinajstić information content (AvgIpc) is 2.26. The quantitative estimate of drug-likeness (QED) is 0.803. The number of rotatable bonds is 5. The molecule has 0 spiro atoms. The monoisotopic (exact) mass is 270 g/mol. The topological polar surface area (TPSA) is 79.3 Å². The van der Waals surface area contributed by atoms with E-state index in [9.17, 15) is 9.59 Å². The second kappa shape index (κ2) is 5.82. The van der Waals surface area contributed by atoms with Crippen LogP contribution in [0.3, 0.4) is 0 Å². The highest BCUT2D eigenvalue weighted by molar-refractivity contribution is 6.32. The van der Waals surface area contributed by atoms with Gasteiger partial charge in [-0.3, -0.25) is 9.59 Å². The van der Waals surface area contributed by atoms with E-state index in [0.29, 0.717) is 6.42 Å². The van der Waals surface area contributed by atoms with Gasteiger partial charge in [0, 0.05) is 18.2 Å². The van der Waals surface area contributed by atoms with E-state index >= 15 is 0 Å². The zero-order valence-corrected chi connectivity index (χ0v) is 11.0. The summed E-state index contributed by atoms with van der Waals surface area (Å²) in [6.07, 6.45) is 1.83. The standard InChI is InChI=1S/C12H15ClN2O3/c1-12(2,6-5-9(16)17)15-11(18)8-4-3-7-14-10(8)13/h3-4,7H,5-6H2,1-2H3,(H,15,18)(H,16,17). The summed E-state index contributed by atoms with van der Waals surface area (Å²) < 4.78 is 0. The molecule has 2 N–H and O–H groups in total. The van der Waals surface area contributed by atoms with Crippen LogP contribution in [0.15, 0.2) is 18.3 Å². The molecule has 0 radical (unpaired) electrons. The van der Waals surface area contributed by atoms with E-state index < -0.39 is 11.5 Å². The minimum absolute atomic E-state index is 0.00590. The first-order valence-electron chi connectivity index (χ1n) is 5.47. The van der Waals surface area contributed by atoms with Crippen LogP contribution in [0.4, 0.5) is 0 Å². The van der Waals surface area contributed by atoms with Gasteiger partial charge in [0.05, 0.1) is 5.56 Å². The average molecular weight is 271 g/mol. The van der Waals surface area contributed by atoms with Crippen molar-refractivity contribution in [2.45, 2.75) is 32.2 Å². The molecule has 18 heavy (non-hydrogen) atoms. The summed E-state index contributed by atoms with van der Waals surface area (Å²) in [6, 6.07) is 3.18. The Labute approximate surface area is 110 Å². The van der Waals surface area contributed by atoms with E-state index in [1.165, 1.54) is 6.20 Å². The molecule has 1 aromatic rings. The molecule has 0 saturated carbocycles. The summed E-state index contributed by atoms with van der Waals surface area (Å²) in [7, 11) is 0. The summed E-state index contributed by atoms with van der Waals surface area (Å²) in [5.41, 5.74) is -0.336. The Morgan fingerprint density at radius 1 is 1.50 bits per heavy atom. The van der Waals surface area contributed by atoms with Gasteiger partial charge in [0.1, 0.15) is 5.15 Å². The lowest BCUT2D eigenvalue weighted by Crippen LogP contribution is -2.43. The molecule has 0 bridgehead atoms. The number of carbonyl (C=O) groups is 2. The molecular weight excluding hydrogens is 256 g/mol. The number of hydrogen-bond donors (Lipinski definition) is 2. The number of amides is 1. The molecule has 1 rings (SSSR count). The van der Waals surface area contributed by atoms with Crippen LogP contribution < -0.4 is 5.32 Å². The van der Waals surface area contributed by atoms with E-state index in [1.54, 1.807) is 26.0 Å². The van der Waals surface area contributed by atoms with Gasteiger partial charge in [0.25, 0.3) is 5.91 Å². The van der Waals surface area contributed by atoms with Crippen LogP contribution in [-0.2, 0) is 4.79 Å². The second-order valence-corrected chi connectivity index (χ2v) is 4.93. The summed E-state index contributed by atoms with van der Waals surface area (Å²) in [6.45, 7) is 3.52. The molecule has 0 aliphatic rings. The number of pyridine rings is 1. The number of carboxylic acids is 1. The van der Waals surface area contributed by atoms with Gasteiger partial charge in [0.15, 0.2) is 0 Å². The van der Waals surface area contributed by atoms with Crippen molar-refractivity contribution in [3.05, 3.63) is 29.0 Å². The molecule has 0 aromatic carbocycles. The number of nitrogens with zero attached hydrogens (tertiary/aromatic N) is 1. The molecule has 1 heterocycles. The van der Waals surface area contributed by atoms with Crippen LogP contribution in [0, 0.1) is 0 Å².